The van der Waals surface area contributed by atoms with Crippen LogP contribution in [0.1, 0.15) is 48.5 Å². The molecule has 9 heteroatoms. The SMILES string of the molecule is CCc1ccc(NS(=O)(=O)c2ccccc2NCCCCN2CCCC2)c(C(=O)O)c1OC. The number of carboxylic acids is 1. The van der Waals surface area contributed by atoms with Crippen molar-refractivity contribution >= 4 is 27.4 Å². The minimum Gasteiger partial charge on any atom is -0.495 e. The second-order valence-corrected chi connectivity index (χ2v) is 9.77. The van der Waals surface area contributed by atoms with Gasteiger partial charge in [-0.1, -0.05) is 25.1 Å². The molecule has 0 spiro atoms. The van der Waals surface area contributed by atoms with Gasteiger partial charge in [-0.15, -0.1) is 0 Å². The third kappa shape index (κ3) is 6.17. The fourth-order valence-corrected chi connectivity index (χ4v) is 5.43. The number of rotatable bonds is 12. The van der Waals surface area contributed by atoms with E-state index in [2.05, 4.69) is 14.9 Å². The molecular formula is C24H33N3O5S. The quantitative estimate of drug-likeness (QED) is 0.398. The number of likely N-dealkylation sites (tertiary alicyclic amines) is 1. The van der Waals surface area contributed by atoms with Crippen molar-refractivity contribution in [2.24, 2.45) is 0 Å². The number of aryl methyl sites for hydroxylation is 1. The van der Waals surface area contributed by atoms with Crippen molar-refractivity contribution in [2.45, 2.75) is 43.9 Å². The van der Waals surface area contributed by atoms with Crippen molar-refractivity contribution in [3.63, 3.8) is 0 Å². The maximum Gasteiger partial charge on any atom is 0.341 e. The molecule has 0 unspecified atom stereocenters. The van der Waals surface area contributed by atoms with Gasteiger partial charge in [-0.05, 0) is 75.5 Å². The summed E-state index contributed by atoms with van der Waals surface area (Å²) in [6.45, 7) is 5.93. The molecule has 3 rings (SSSR count). The zero-order valence-electron chi connectivity index (χ0n) is 19.3. The number of hydrogen-bond donors (Lipinski definition) is 3. The summed E-state index contributed by atoms with van der Waals surface area (Å²) < 4.78 is 34.2. The Bertz CT molecular complexity index is 1070. The molecule has 1 heterocycles. The number of sulfonamides is 1. The molecule has 1 aliphatic rings. The molecule has 0 bridgehead atoms. The first-order valence-electron chi connectivity index (χ1n) is 11.4. The number of nitrogens with zero attached hydrogens (tertiary/aromatic N) is 1. The van der Waals surface area contributed by atoms with Crippen LogP contribution in [0.15, 0.2) is 41.3 Å². The topological polar surface area (TPSA) is 108 Å². The predicted octanol–water partition coefficient (Wildman–Crippen LogP) is 4.04. The highest BCUT2D eigenvalue weighted by Crippen LogP contribution is 2.33. The largest absolute Gasteiger partial charge is 0.495 e. The van der Waals surface area contributed by atoms with Crippen molar-refractivity contribution in [1.82, 2.24) is 4.90 Å². The Morgan fingerprint density at radius 2 is 1.82 bits per heavy atom. The van der Waals surface area contributed by atoms with E-state index in [1.165, 1.54) is 45.2 Å². The number of aromatic carboxylic acids is 1. The van der Waals surface area contributed by atoms with Crippen LogP contribution in [0.3, 0.4) is 0 Å². The van der Waals surface area contributed by atoms with Gasteiger partial charge in [0.1, 0.15) is 16.2 Å². The van der Waals surface area contributed by atoms with Crippen LogP contribution in [0, 0.1) is 0 Å². The standard InChI is InChI=1S/C24H33N3O5S/c1-3-18-12-13-20(22(24(28)29)23(18)32-2)26-33(30,31)21-11-5-4-10-19(21)25-14-6-7-15-27-16-8-9-17-27/h4-5,10-13,25-26H,3,6-9,14-17H2,1-2H3,(H,28,29). The Morgan fingerprint density at radius 3 is 2.48 bits per heavy atom. The van der Waals surface area contributed by atoms with Gasteiger partial charge in [0.25, 0.3) is 10.0 Å². The van der Waals surface area contributed by atoms with E-state index in [9.17, 15) is 18.3 Å². The lowest BCUT2D eigenvalue weighted by atomic mass is 10.0. The monoisotopic (exact) mass is 475 g/mol. The second-order valence-electron chi connectivity index (χ2n) is 8.12. The average Bonchev–Trinajstić information content (AvgIpc) is 3.31. The first-order chi connectivity index (χ1) is 15.9. The van der Waals surface area contributed by atoms with Crippen molar-refractivity contribution in [1.29, 1.82) is 0 Å². The van der Waals surface area contributed by atoms with E-state index in [-0.39, 0.29) is 21.9 Å². The Hall–Kier alpha value is -2.78. The number of hydrogen-bond acceptors (Lipinski definition) is 6. The summed E-state index contributed by atoms with van der Waals surface area (Å²) in [6, 6.07) is 9.78. The molecule has 0 saturated carbocycles. The van der Waals surface area contributed by atoms with Gasteiger partial charge in [0, 0.05) is 6.54 Å². The molecule has 0 radical (unpaired) electrons. The van der Waals surface area contributed by atoms with Crippen molar-refractivity contribution in [3.8, 4) is 5.75 Å². The van der Waals surface area contributed by atoms with E-state index >= 15 is 0 Å². The van der Waals surface area contributed by atoms with Crippen LogP contribution in [0.4, 0.5) is 11.4 Å². The van der Waals surface area contributed by atoms with Crippen LogP contribution in [0.25, 0.3) is 0 Å². The second kappa shape index (κ2) is 11.4. The first-order valence-corrected chi connectivity index (χ1v) is 12.9. The number of nitrogens with one attached hydrogen (secondary N) is 2. The van der Waals surface area contributed by atoms with Crippen molar-refractivity contribution < 1.29 is 23.1 Å². The van der Waals surface area contributed by atoms with Crippen LogP contribution < -0.4 is 14.8 Å². The highest BCUT2D eigenvalue weighted by molar-refractivity contribution is 7.92. The molecule has 2 aromatic rings. The van der Waals surface area contributed by atoms with Gasteiger partial charge in [0.15, 0.2) is 0 Å². The van der Waals surface area contributed by atoms with Gasteiger partial charge in [-0.2, -0.15) is 0 Å². The molecule has 33 heavy (non-hydrogen) atoms. The molecule has 0 amide bonds. The summed E-state index contributed by atoms with van der Waals surface area (Å²) in [5, 5.41) is 13.0. The van der Waals surface area contributed by atoms with E-state index in [0.29, 0.717) is 24.2 Å². The molecule has 3 N–H and O–H groups in total. The Balaban J connectivity index is 1.75. The summed E-state index contributed by atoms with van der Waals surface area (Å²) >= 11 is 0. The van der Waals surface area contributed by atoms with Crippen LogP contribution >= 0.6 is 0 Å². The predicted molar refractivity (Wildman–Crippen MR) is 130 cm³/mol. The molecule has 180 valence electrons. The van der Waals surface area contributed by atoms with Crippen LogP contribution in [-0.4, -0.2) is 57.7 Å². The first kappa shape index (κ1) is 24.9. The molecule has 0 atom stereocenters. The number of para-hydroxylation sites is 1. The van der Waals surface area contributed by atoms with Crippen LogP contribution in [0.5, 0.6) is 5.75 Å². The third-order valence-electron chi connectivity index (χ3n) is 5.87. The van der Waals surface area contributed by atoms with Crippen molar-refractivity contribution in [3.05, 3.63) is 47.5 Å². The van der Waals surface area contributed by atoms with Gasteiger partial charge in [0.05, 0.1) is 18.5 Å². The molecule has 0 aliphatic carbocycles. The summed E-state index contributed by atoms with van der Waals surface area (Å²) in [7, 11) is -2.66. The van der Waals surface area contributed by atoms with E-state index in [1.54, 1.807) is 24.3 Å². The molecule has 0 aromatic heterocycles. The Morgan fingerprint density at radius 1 is 1.09 bits per heavy atom. The molecule has 1 saturated heterocycles. The van der Waals surface area contributed by atoms with Gasteiger partial charge in [-0.3, -0.25) is 4.72 Å². The highest BCUT2D eigenvalue weighted by atomic mass is 32.2. The zero-order chi connectivity index (χ0) is 23.8. The van der Waals surface area contributed by atoms with Crippen LogP contribution in [-0.2, 0) is 16.4 Å². The number of carbonyl (C=O) groups is 1. The summed E-state index contributed by atoms with van der Waals surface area (Å²) in [5.74, 6) is -1.10. The van der Waals surface area contributed by atoms with E-state index in [1.807, 2.05) is 6.92 Å². The van der Waals surface area contributed by atoms with Gasteiger partial charge >= 0.3 is 5.97 Å². The molecular weight excluding hydrogens is 442 g/mol. The molecule has 1 fully saturated rings. The zero-order valence-corrected chi connectivity index (χ0v) is 20.1. The molecule has 2 aromatic carbocycles. The maximum atomic E-state index is 13.2. The van der Waals surface area contributed by atoms with Gasteiger partial charge < -0.3 is 20.1 Å². The van der Waals surface area contributed by atoms with Gasteiger partial charge in [0.2, 0.25) is 0 Å². The lowest BCUT2D eigenvalue weighted by molar-refractivity contribution is 0.0694. The lowest BCUT2D eigenvalue weighted by Gasteiger charge is -2.18. The van der Waals surface area contributed by atoms with E-state index in [4.69, 9.17) is 4.74 Å². The molecule has 8 nitrogen and oxygen atoms in total. The minimum absolute atomic E-state index is 0.0306. The smallest absolute Gasteiger partial charge is 0.341 e. The number of carboxylic acid groups (broad SMARTS) is 1. The number of unbranched alkanes of at least 4 members (excludes halogenated alkanes) is 1. The van der Waals surface area contributed by atoms with E-state index in [0.717, 1.165) is 19.4 Å². The Kier molecular flexibility index (Phi) is 8.57. The average molecular weight is 476 g/mol. The summed E-state index contributed by atoms with van der Waals surface area (Å²) in [4.78, 5) is 14.5. The maximum absolute atomic E-state index is 13.2. The number of ether oxygens (including phenoxy) is 1. The van der Waals surface area contributed by atoms with Gasteiger partial charge in [-0.25, -0.2) is 13.2 Å². The summed E-state index contributed by atoms with van der Waals surface area (Å²) in [6.07, 6.45) is 5.07. The number of anilines is 2. The Labute approximate surface area is 196 Å². The number of methoxy groups -OCH3 is 1. The highest BCUT2D eigenvalue weighted by Gasteiger charge is 2.25. The van der Waals surface area contributed by atoms with Crippen molar-refractivity contribution in [2.75, 3.05) is 43.3 Å². The fourth-order valence-electron chi connectivity index (χ4n) is 4.17. The van der Waals surface area contributed by atoms with Crippen LogP contribution in [0.2, 0.25) is 0 Å². The summed E-state index contributed by atoms with van der Waals surface area (Å²) in [5.41, 5.74) is 0.943. The van der Waals surface area contributed by atoms with E-state index < -0.39 is 16.0 Å². The fraction of sp³-hybridized carbons (Fsp3) is 0.458. The normalized spacial score (nSPS) is 14.2. The minimum atomic E-state index is -4.04. The lowest BCUT2D eigenvalue weighted by Crippen LogP contribution is -2.21. The third-order valence-corrected chi connectivity index (χ3v) is 7.30. The number of benzene rings is 2. The molecule has 1 aliphatic heterocycles.